The highest BCUT2D eigenvalue weighted by molar-refractivity contribution is 7.14. The van der Waals surface area contributed by atoms with Gasteiger partial charge in [-0.15, -0.1) is 11.3 Å². The van der Waals surface area contributed by atoms with Crippen LogP contribution in [0.25, 0.3) is 0 Å². The molecular weight excluding hydrogens is 408 g/mol. The van der Waals surface area contributed by atoms with Gasteiger partial charge in [0, 0.05) is 10.3 Å². The van der Waals surface area contributed by atoms with Crippen LogP contribution in [0.15, 0.2) is 30.3 Å². The molecule has 0 amide bonds. The smallest absolute Gasteiger partial charge is 0.348 e. The average molecular weight is 445 g/mol. The van der Waals surface area contributed by atoms with Crippen molar-refractivity contribution in [2.45, 2.75) is 72.6 Å². The van der Waals surface area contributed by atoms with E-state index in [4.69, 9.17) is 9.47 Å². The van der Waals surface area contributed by atoms with Crippen LogP contribution in [0.2, 0.25) is 0 Å². The summed E-state index contributed by atoms with van der Waals surface area (Å²) in [6, 6.07) is 10.2. The number of benzene rings is 1. The van der Waals surface area contributed by atoms with Gasteiger partial charge in [0.2, 0.25) is 0 Å². The molecule has 0 aliphatic rings. The Kier molecular flexibility index (Phi) is 8.87. The van der Waals surface area contributed by atoms with Gasteiger partial charge >= 0.3 is 5.97 Å². The van der Waals surface area contributed by atoms with Gasteiger partial charge in [-0.25, -0.2) is 4.79 Å². The predicted molar refractivity (Wildman–Crippen MR) is 127 cm³/mol. The first-order chi connectivity index (χ1) is 14.6. The number of aryl methyl sites for hydroxylation is 1. The summed E-state index contributed by atoms with van der Waals surface area (Å²) >= 11 is 1.53. The Hall–Kier alpha value is -2.14. The van der Waals surface area contributed by atoms with E-state index in [0.717, 1.165) is 30.6 Å². The minimum absolute atomic E-state index is 0.0966. The van der Waals surface area contributed by atoms with Crippen LogP contribution in [0.4, 0.5) is 0 Å². The Morgan fingerprint density at radius 2 is 1.81 bits per heavy atom. The summed E-state index contributed by atoms with van der Waals surface area (Å²) in [5.41, 5.74) is 2.00. The Morgan fingerprint density at radius 3 is 2.39 bits per heavy atom. The van der Waals surface area contributed by atoms with Crippen LogP contribution in [-0.2, 0) is 16.0 Å². The van der Waals surface area contributed by atoms with Gasteiger partial charge < -0.3 is 9.47 Å². The van der Waals surface area contributed by atoms with E-state index in [0.29, 0.717) is 16.7 Å². The van der Waals surface area contributed by atoms with Gasteiger partial charge in [0.05, 0.1) is 7.11 Å². The summed E-state index contributed by atoms with van der Waals surface area (Å²) in [6.45, 7) is 12.3. The van der Waals surface area contributed by atoms with E-state index >= 15 is 0 Å². The lowest BCUT2D eigenvalue weighted by molar-refractivity contribution is -0.128. The van der Waals surface area contributed by atoms with Crippen molar-refractivity contribution in [2.24, 2.45) is 5.41 Å². The van der Waals surface area contributed by atoms with Crippen molar-refractivity contribution in [1.29, 1.82) is 0 Å². The second-order valence-corrected chi connectivity index (χ2v) is 10.4. The standard InChI is InChI=1S/C26H36O4S/c1-8-19(22-13-14-23(31-22)25(28)29-7)11-9-18-10-12-21(20(15-18)17(2)3)30-16-24(27)26(4,5)6/h10,12-15,17,19H,8-9,11,16H2,1-7H3. The summed E-state index contributed by atoms with van der Waals surface area (Å²) < 4.78 is 10.7. The molecule has 1 atom stereocenters. The lowest BCUT2D eigenvalue weighted by Gasteiger charge is -2.20. The number of Topliss-reactive ketones (excluding diaryl/α,β-unsaturated/α-hetero) is 1. The van der Waals surface area contributed by atoms with Crippen molar-refractivity contribution >= 4 is 23.1 Å². The monoisotopic (exact) mass is 444 g/mol. The molecule has 170 valence electrons. The number of methoxy groups -OCH3 is 1. The SMILES string of the molecule is CCC(CCc1ccc(OCC(=O)C(C)(C)C)c(C(C)C)c1)c1ccc(C(=O)OC)s1. The van der Waals surface area contributed by atoms with Crippen molar-refractivity contribution < 1.29 is 19.1 Å². The zero-order valence-corrected chi connectivity index (χ0v) is 20.7. The fraction of sp³-hybridized carbons (Fsp3) is 0.538. The largest absolute Gasteiger partial charge is 0.486 e. The summed E-state index contributed by atoms with van der Waals surface area (Å²) in [4.78, 5) is 25.9. The maximum Gasteiger partial charge on any atom is 0.348 e. The molecule has 5 heteroatoms. The zero-order chi connectivity index (χ0) is 23.2. The van der Waals surface area contributed by atoms with E-state index < -0.39 is 5.41 Å². The molecule has 0 radical (unpaired) electrons. The highest BCUT2D eigenvalue weighted by Gasteiger charge is 2.22. The summed E-state index contributed by atoms with van der Waals surface area (Å²) in [5, 5.41) is 0. The summed E-state index contributed by atoms with van der Waals surface area (Å²) in [6.07, 6.45) is 2.98. The highest BCUT2D eigenvalue weighted by Crippen LogP contribution is 2.33. The van der Waals surface area contributed by atoms with E-state index in [1.807, 2.05) is 39.0 Å². The Labute approximate surface area is 191 Å². The second-order valence-electron chi connectivity index (χ2n) is 9.33. The van der Waals surface area contributed by atoms with Crippen molar-refractivity contribution in [3.63, 3.8) is 0 Å². The minimum Gasteiger partial charge on any atom is -0.486 e. The van der Waals surface area contributed by atoms with Crippen LogP contribution >= 0.6 is 11.3 Å². The van der Waals surface area contributed by atoms with Crippen LogP contribution < -0.4 is 4.74 Å². The molecule has 4 nitrogen and oxygen atoms in total. The van der Waals surface area contributed by atoms with Crippen molar-refractivity contribution in [3.8, 4) is 5.75 Å². The molecule has 1 unspecified atom stereocenters. The van der Waals surface area contributed by atoms with Gasteiger partial charge in [0.1, 0.15) is 17.2 Å². The van der Waals surface area contributed by atoms with Crippen LogP contribution in [0, 0.1) is 5.41 Å². The lowest BCUT2D eigenvalue weighted by atomic mass is 9.91. The van der Waals surface area contributed by atoms with Crippen molar-refractivity contribution in [2.75, 3.05) is 13.7 Å². The number of rotatable bonds is 10. The number of carbonyl (C=O) groups is 2. The first kappa shape index (κ1) is 25.1. The number of carbonyl (C=O) groups excluding carboxylic acids is 2. The maximum absolute atomic E-state index is 12.2. The molecule has 1 aromatic carbocycles. The fourth-order valence-corrected chi connectivity index (χ4v) is 4.51. The summed E-state index contributed by atoms with van der Waals surface area (Å²) in [5.74, 6) is 1.34. The van der Waals surface area contributed by atoms with Gasteiger partial charge in [0.15, 0.2) is 5.78 Å². The molecule has 1 heterocycles. The molecule has 0 aliphatic heterocycles. The molecule has 0 spiro atoms. The highest BCUT2D eigenvalue weighted by atomic mass is 32.1. The van der Waals surface area contributed by atoms with Crippen LogP contribution in [0.3, 0.4) is 0 Å². The van der Waals surface area contributed by atoms with Gasteiger partial charge in [0.25, 0.3) is 0 Å². The van der Waals surface area contributed by atoms with E-state index in [1.165, 1.54) is 28.9 Å². The molecule has 0 saturated heterocycles. The number of esters is 1. The number of ether oxygens (including phenoxy) is 2. The van der Waals surface area contributed by atoms with Gasteiger partial charge in [-0.05, 0) is 60.4 Å². The van der Waals surface area contributed by atoms with Crippen LogP contribution in [0.5, 0.6) is 5.75 Å². The van der Waals surface area contributed by atoms with Gasteiger partial charge in [-0.2, -0.15) is 0 Å². The molecule has 0 bridgehead atoms. The lowest BCUT2D eigenvalue weighted by Crippen LogP contribution is -2.26. The third-order valence-corrected chi connectivity index (χ3v) is 6.81. The molecule has 2 aromatic rings. The summed E-state index contributed by atoms with van der Waals surface area (Å²) in [7, 11) is 1.41. The van der Waals surface area contributed by atoms with Crippen LogP contribution in [-0.4, -0.2) is 25.5 Å². The molecule has 31 heavy (non-hydrogen) atoms. The van der Waals surface area contributed by atoms with E-state index in [9.17, 15) is 9.59 Å². The zero-order valence-electron chi connectivity index (χ0n) is 19.9. The molecule has 0 fully saturated rings. The third kappa shape index (κ3) is 6.93. The first-order valence-corrected chi connectivity index (χ1v) is 11.8. The molecule has 1 aromatic heterocycles. The normalized spacial score (nSPS) is 12.6. The topological polar surface area (TPSA) is 52.6 Å². The quantitative estimate of drug-likeness (QED) is 0.379. The van der Waals surface area contributed by atoms with Crippen molar-refractivity contribution in [1.82, 2.24) is 0 Å². The molecular formula is C26H36O4S. The van der Waals surface area contributed by atoms with E-state index in [1.54, 1.807) is 0 Å². The molecule has 0 N–H and O–H groups in total. The Balaban J connectivity index is 2.09. The number of hydrogen-bond donors (Lipinski definition) is 0. The van der Waals surface area contributed by atoms with Gasteiger partial charge in [-0.3, -0.25) is 4.79 Å². The minimum atomic E-state index is -0.400. The second kappa shape index (κ2) is 10.9. The van der Waals surface area contributed by atoms with Gasteiger partial charge in [-0.1, -0.05) is 53.7 Å². The number of hydrogen-bond acceptors (Lipinski definition) is 5. The van der Waals surface area contributed by atoms with Crippen LogP contribution in [0.1, 0.15) is 91.9 Å². The molecule has 0 saturated carbocycles. The number of thiophene rings is 1. The maximum atomic E-state index is 12.2. The van der Waals surface area contributed by atoms with Crippen molar-refractivity contribution in [3.05, 3.63) is 51.2 Å². The van der Waals surface area contributed by atoms with E-state index in [-0.39, 0.29) is 18.4 Å². The first-order valence-electron chi connectivity index (χ1n) is 11.0. The average Bonchev–Trinajstić information content (AvgIpc) is 3.21. The third-order valence-electron chi connectivity index (χ3n) is 5.58. The van der Waals surface area contributed by atoms with E-state index in [2.05, 4.69) is 32.9 Å². The fourth-order valence-electron chi connectivity index (χ4n) is 3.37. The Morgan fingerprint density at radius 1 is 1.10 bits per heavy atom. The predicted octanol–water partition coefficient (Wildman–Crippen LogP) is 6.78. The molecule has 0 aliphatic carbocycles. The Bertz CT molecular complexity index is 889. The molecule has 2 rings (SSSR count). The number of ketones is 1.